The molecule has 0 spiro atoms. The lowest BCUT2D eigenvalue weighted by Gasteiger charge is -2.37. The summed E-state index contributed by atoms with van der Waals surface area (Å²) >= 11 is 3.21. The summed E-state index contributed by atoms with van der Waals surface area (Å²) in [6.07, 6.45) is 2.31. The number of carbonyl (C=O) groups is 3. The van der Waals surface area contributed by atoms with Gasteiger partial charge in [-0.15, -0.1) is 0 Å². The molecule has 0 aromatic rings. The number of nitrogens with two attached hydrogens (primary N) is 1. The number of nitrogens with zero attached hydrogens (tertiary/aromatic N) is 1. The molecule has 1 saturated heterocycles. The van der Waals surface area contributed by atoms with E-state index in [0.29, 0.717) is 24.5 Å². The molecule has 0 saturated carbocycles. The van der Waals surface area contributed by atoms with E-state index >= 15 is 0 Å². The van der Waals surface area contributed by atoms with Gasteiger partial charge in [0.15, 0.2) is 0 Å². The van der Waals surface area contributed by atoms with Crippen LogP contribution in [0.25, 0.3) is 0 Å². The Morgan fingerprint density at radius 2 is 2.24 bits per heavy atom. The molecule has 0 aromatic carbocycles. The molecule has 0 aromatic heterocycles. The van der Waals surface area contributed by atoms with Crippen molar-refractivity contribution in [1.29, 1.82) is 0 Å². The summed E-state index contributed by atoms with van der Waals surface area (Å²) in [6, 6.07) is -1.76. The van der Waals surface area contributed by atoms with E-state index in [1.807, 2.05) is 6.26 Å². The molecule has 1 fully saturated rings. The Bertz CT molecular complexity index is 395. The van der Waals surface area contributed by atoms with E-state index in [9.17, 15) is 14.4 Å². The van der Waals surface area contributed by atoms with Gasteiger partial charge >= 0.3 is 12.0 Å². The highest BCUT2D eigenvalue weighted by Crippen LogP contribution is 2.20. The fourth-order valence-corrected chi connectivity index (χ4v) is 3.71. The number of rotatable bonds is 7. The number of hydrogen-bond acceptors (Lipinski definition) is 5. The van der Waals surface area contributed by atoms with Crippen LogP contribution in [0.5, 0.6) is 0 Å². The summed E-state index contributed by atoms with van der Waals surface area (Å²) in [7, 11) is 0. The van der Waals surface area contributed by atoms with Gasteiger partial charge in [-0.2, -0.15) is 23.5 Å². The van der Waals surface area contributed by atoms with Crippen LogP contribution < -0.4 is 11.1 Å². The van der Waals surface area contributed by atoms with Crippen molar-refractivity contribution in [2.45, 2.75) is 24.9 Å². The number of aliphatic carboxylic acids is 1. The molecule has 2 atom stereocenters. The maximum absolute atomic E-state index is 12.6. The molecule has 2 unspecified atom stereocenters. The highest BCUT2D eigenvalue weighted by molar-refractivity contribution is 7.99. The summed E-state index contributed by atoms with van der Waals surface area (Å²) in [5.74, 6) is 0.915. The average molecular weight is 335 g/mol. The molecule has 9 heteroatoms. The number of hydrogen-bond donors (Lipinski definition) is 3. The van der Waals surface area contributed by atoms with Gasteiger partial charge in [0.2, 0.25) is 5.91 Å². The van der Waals surface area contributed by atoms with Gasteiger partial charge in [-0.3, -0.25) is 9.59 Å². The van der Waals surface area contributed by atoms with Gasteiger partial charge in [-0.25, -0.2) is 4.79 Å². The van der Waals surface area contributed by atoms with E-state index in [-0.39, 0.29) is 18.4 Å². The predicted octanol–water partition coefficient (Wildman–Crippen LogP) is 0.195. The number of carboxylic acid groups (broad SMARTS) is 1. The Kier molecular flexibility index (Phi) is 7.73. The predicted molar refractivity (Wildman–Crippen MR) is 84.6 cm³/mol. The van der Waals surface area contributed by atoms with Crippen molar-refractivity contribution in [1.82, 2.24) is 10.2 Å². The van der Waals surface area contributed by atoms with Crippen LogP contribution in [0, 0.1) is 0 Å². The first kappa shape index (κ1) is 18.0. The van der Waals surface area contributed by atoms with Crippen molar-refractivity contribution < 1.29 is 19.5 Å². The number of carbonyl (C=O) groups excluding carboxylic acids is 2. The number of carboxylic acids is 1. The Labute approximate surface area is 132 Å². The van der Waals surface area contributed by atoms with Gasteiger partial charge in [0.05, 0.1) is 12.5 Å². The first-order chi connectivity index (χ1) is 9.95. The second-order valence-electron chi connectivity index (χ2n) is 4.70. The molecule has 0 bridgehead atoms. The van der Waals surface area contributed by atoms with E-state index in [1.54, 1.807) is 28.4 Å². The smallest absolute Gasteiger partial charge is 0.312 e. The molecule has 7 nitrogen and oxygen atoms in total. The van der Waals surface area contributed by atoms with E-state index < -0.39 is 18.0 Å². The number of urea groups is 1. The fourth-order valence-electron chi connectivity index (χ4n) is 2.18. The molecular weight excluding hydrogens is 314 g/mol. The summed E-state index contributed by atoms with van der Waals surface area (Å²) in [4.78, 5) is 36.1. The van der Waals surface area contributed by atoms with Crippen LogP contribution in [0.15, 0.2) is 0 Å². The minimum atomic E-state index is -0.927. The maximum Gasteiger partial charge on any atom is 0.312 e. The fraction of sp³-hybridized carbons (Fsp3) is 0.750. The Morgan fingerprint density at radius 3 is 2.81 bits per heavy atom. The molecule has 1 rings (SSSR count). The normalized spacial score (nSPS) is 19.9. The first-order valence-corrected chi connectivity index (χ1v) is 9.15. The van der Waals surface area contributed by atoms with Crippen LogP contribution in [0.1, 0.15) is 12.8 Å². The third-order valence-electron chi connectivity index (χ3n) is 3.15. The van der Waals surface area contributed by atoms with Crippen LogP contribution in [-0.4, -0.2) is 70.1 Å². The molecule has 1 aliphatic rings. The summed E-state index contributed by atoms with van der Waals surface area (Å²) in [5.41, 5.74) is 5.12. The van der Waals surface area contributed by atoms with Crippen molar-refractivity contribution in [2.24, 2.45) is 5.73 Å². The molecule has 1 heterocycles. The number of thioether (sulfide) groups is 2. The molecule has 1 aliphatic heterocycles. The summed E-state index contributed by atoms with van der Waals surface area (Å²) in [5, 5.41) is 11.4. The molecule has 120 valence electrons. The SMILES string of the molecule is CSCCC(NC(N)=O)C(=O)N1CCSCC1CC(=O)O. The number of primary amides is 1. The summed E-state index contributed by atoms with van der Waals surface area (Å²) in [6.45, 7) is 0.498. The lowest BCUT2D eigenvalue weighted by atomic mass is 10.1. The van der Waals surface area contributed by atoms with Gasteiger partial charge < -0.3 is 21.1 Å². The lowest BCUT2D eigenvalue weighted by Crippen LogP contribution is -2.56. The number of nitrogens with one attached hydrogen (secondary N) is 1. The van der Waals surface area contributed by atoms with Crippen molar-refractivity contribution in [3.05, 3.63) is 0 Å². The second kappa shape index (κ2) is 9.04. The van der Waals surface area contributed by atoms with Gasteiger partial charge in [0, 0.05) is 18.1 Å². The van der Waals surface area contributed by atoms with E-state index in [1.165, 1.54) is 0 Å². The number of amides is 3. The van der Waals surface area contributed by atoms with Crippen molar-refractivity contribution in [3.8, 4) is 0 Å². The van der Waals surface area contributed by atoms with E-state index in [2.05, 4.69) is 5.32 Å². The zero-order valence-electron chi connectivity index (χ0n) is 11.9. The Balaban J connectivity index is 2.77. The zero-order valence-corrected chi connectivity index (χ0v) is 13.5. The van der Waals surface area contributed by atoms with Crippen LogP contribution in [0.2, 0.25) is 0 Å². The third-order valence-corrected chi connectivity index (χ3v) is 4.88. The third kappa shape index (κ3) is 6.04. The van der Waals surface area contributed by atoms with Crippen LogP contribution in [-0.2, 0) is 9.59 Å². The van der Waals surface area contributed by atoms with Crippen molar-refractivity contribution in [3.63, 3.8) is 0 Å². The van der Waals surface area contributed by atoms with Crippen molar-refractivity contribution >= 4 is 41.4 Å². The Hall–Kier alpha value is -1.09. The Morgan fingerprint density at radius 1 is 1.52 bits per heavy atom. The minimum Gasteiger partial charge on any atom is -0.481 e. The van der Waals surface area contributed by atoms with Crippen molar-refractivity contribution in [2.75, 3.05) is 30.1 Å². The second-order valence-corrected chi connectivity index (χ2v) is 6.84. The van der Waals surface area contributed by atoms with Crippen LogP contribution in [0.4, 0.5) is 4.79 Å². The molecule has 4 N–H and O–H groups in total. The van der Waals surface area contributed by atoms with Gasteiger partial charge in [0.25, 0.3) is 0 Å². The first-order valence-electron chi connectivity index (χ1n) is 6.60. The quantitative estimate of drug-likeness (QED) is 0.612. The van der Waals surface area contributed by atoms with Gasteiger partial charge in [-0.05, 0) is 18.4 Å². The molecule has 3 amide bonds. The highest BCUT2D eigenvalue weighted by atomic mass is 32.2. The monoisotopic (exact) mass is 335 g/mol. The molecule has 0 aliphatic carbocycles. The topological polar surface area (TPSA) is 113 Å². The highest BCUT2D eigenvalue weighted by Gasteiger charge is 2.33. The maximum atomic E-state index is 12.6. The van der Waals surface area contributed by atoms with Gasteiger partial charge in [-0.1, -0.05) is 0 Å². The minimum absolute atomic E-state index is 0.0788. The summed E-state index contributed by atoms with van der Waals surface area (Å²) < 4.78 is 0. The van der Waals surface area contributed by atoms with Crippen LogP contribution in [0.3, 0.4) is 0 Å². The largest absolute Gasteiger partial charge is 0.481 e. The van der Waals surface area contributed by atoms with E-state index in [0.717, 1.165) is 5.75 Å². The average Bonchev–Trinajstić information content (AvgIpc) is 2.42. The zero-order chi connectivity index (χ0) is 15.8. The lowest BCUT2D eigenvalue weighted by molar-refractivity contribution is -0.141. The molecule has 0 radical (unpaired) electrons. The molecule has 21 heavy (non-hydrogen) atoms. The van der Waals surface area contributed by atoms with Gasteiger partial charge in [0.1, 0.15) is 6.04 Å². The standard InChI is InChI=1S/C12H21N3O4S2/c1-20-4-2-9(14-12(13)19)11(18)15-3-5-21-7-8(15)6-10(16)17/h8-9H,2-7H2,1H3,(H,16,17)(H3,13,14,19). The molecular formula is C12H21N3O4S2. The van der Waals surface area contributed by atoms with Crippen LogP contribution >= 0.6 is 23.5 Å². The van der Waals surface area contributed by atoms with E-state index in [4.69, 9.17) is 10.8 Å².